The predicted octanol–water partition coefficient (Wildman–Crippen LogP) is 5.49. The van der Waals surface area contributed by atoms with E-state index in [4.69, 9.17) is 41.0 Å². The van der Waals surface area contributed by atoms with E-state index >= 15 is 0 Å². The number of pyridine rings is 2. The second kappa shape index (κ2) is 12.6. The number of piperazine rings is 1. The molecule has 0 unspecified atom stereocenters. The third-order valence-electron chi connectivity index (χ3n) is 9.38. The average Bonchev–Trinajstić information content (AvgIpc) is 3.43. The Morgan fingerprint density at radius 2 is 1.61 bits per heavy atom. The molecule has 8 rings (SSSR count). The number of morpholine rings is 1. The minimum atomic E-state index is -0.516. The van der Waals surface area contributed by atoms with Gasteiger partial charge in [0.25, 0.3) is 0 Å². The molecule has 3 fully saturated rings. The van der Waals surface area contributed by atoms with Gasteiger partial charge in [0.15, 0.2) is 22.4 Å². The summed E-state index contributed by atoms with van der Waals surface area (Å²) >= 11 is 7.24. The highest BCUT2D eigenvalue weighted by atomic mass is 35.5. The van der Waals surface area contributed by atoms with Crippen molar-refractivity contribution in [1.29, 1.82) is 0 Å². The fraction of sp³-hybridized carbons (Fsp3) is 0.417. The normalized spacial score (nSPS) is 17.6. The third kappa shape index (κ3) is 6.19. The molecule has 0 saturated carbocycles. The highest BCUT2D eigenvalue weighted by molar-refractivity contribution is 6.32. The molecule has 0 radical (unpaired) electrons. The topological polar surface area (TPSA) is 104 Å². The number of anilines is 3. The molecular formula is C36H40ClN9O3. The van der Waals surface area contributed by atoms with E-state index in [1.165, 1.54) is 0 Å². The van der Waals surface area contributed by atoms with Gasteiger partial charge in [-0.05, 0) is 45.0 Å². The monoisotopic (exact) mass is 681 g/mol. The quantitative estimate of drug-likeness (QED) is 0.237. The Bertz CT molecular complexity index is 1990. The molecule has 254 valence electrons. The number of fused-ring (bicyclic) bond motifs is 2. The van der Waals surface area contributed by atoms with E-state index in [1.54, 1.807) is 4.90 Å². The number of para-hydroxylation sites is 1. The maximum absolute atomic E-state index is 12.5. The van der Waals surface area contributed by atoms with Gasteiger partial charge in [0.05, 0.1) is 30.6 Å². The number of carbonyl (C=O) groups is 1. The van der Waals surface area contributed by atoms with Gasteiger partial charge >= 0.3 is 6.09 Å². The van der Waals surface area contributed by atoms with Crippen molar-refractivity contribution in [2.75, 3.05) is 80.3 Å². The molecule has 3 aliphatic heterocycles. The lowest BCUT2D eigenvalue weighted by atomic mass is 9.95. The van der Waals surface area contributed by atoms with Crippen LogP contribution in [0.15, 0.2) is 60.9 Å². The van der Waals surface area contributed by atoms with Crippen molar-refractivity contribution in [3.05, 3.63) is 71.8 Å². The van der Waals surface area contributed by atoms with E-state index in [2.05, 4.69) is 45.0 Å². The highest BCUT2D eigenvalue weighted by Gasteiger charge is 2.34. The van der Waals surface area contributed by atoms with Crippen molar-refractivity contribution < 1.29 is 14.3 Å². The van der Waals surface area contributed by atoms with Crippen LogP contribution in [0.2, 0.25) is 5.15 Å². The third-order valence-corrected chi connectivity index (χ3v) is 9.72. The van der Waals surface area contributed by atoms with Crippen LogP contribution in [0.1, 0.15) is 32.4 Å². The largest absolute Gasteiger partial charge is 0.444 e. The first-order valence-electron chi connectivity index (χ1n) is 16.9. The molecule has 1 aromatic carbocycles. The van der Waals surface area contributed by atoms with Gasteiger partial charge in [0, 0.05) is 81.1 Å². The van der Waals surface area contributed by atoms with Crippen LogP contribution in [0.4, 0.5) is 22.2 Å². The van der Waals surface area contributed by atoms with Crippen molar-refractivity contribution in [3.8, 4) is 11.3 Å². The summed E-state index contributed by atoms with van der Waals surface area (Å²) in [4.78, 5) is 40.8. The number of nitrogens with zero attached hydrogens (tertiary/aromatic N) is 9. The van der Waals surface area contributed by atoms with Gasteiger partial charge in [-0.1, -0.05) is 35.9 Å². The van der Waals surface area contributed by atoms with Gasteiger partial charge in [-0.3, -0.25) is 9.38 Å². The Kier molecular flexibility index (Phi) is 8.15. The van der Waals surface area contributed by atoms with Gasteiger partial charge in [-0.25, -0.2) is 19.7 Å². The van der Waals surface area contributed by atoms with E-state index in [0.717, 1.165) is 71.5 Å². The summed E-state index contributed by atoms with van der Waals surface area (Å²) in [5, 5.41) is 1.69. The predicted molar refractivity (Wildman–Crippen MR) is 191 cm³/mol. The molecule has 13 heteroatoms. The lowest BCUT2D eigenvalue weighted by molar-refractivity contribution is 0.0240. The Hall–Kier alpha value is -4.68. The van der Waals surface area contributed by atoms with Crippen LogP contribution in [-0.4, -0.2) is 107 Å². The van der Waals surface area contributed by atoms with Gasteiger partial charge in [0.1, 0.15) is 11.4 Å². The van der Waals surface area contributed by atoms with E-state index in [1.807, 2.05) is 55.8 Å². The number of ether oxygens (including phenoxy) is 2. The zero-order chi connectivity index (χ0) is 33.7. The number of halogens is 1. The van der Waals surface area contributed by atoms with E-state index in [0.29, 0.717) is 56.1 Å². The van der Waals surface area contributed by atoms with Crippen LogP contribution >= 0.6 is 11.6 Å². The lowest BCUT2D eigenvalue weighted by Crippen LogP contribution is -2.50. The zero-order valence-corrected chi connectivity index (χ0v) is 28.8. The average molecular weight is 682 g/mol. The van der Waals surface area contributed by atoms with Crippen LogP contribution in [-0.2, 0) is 9.47 Å². The Labute approximate surface area is 290 Å². The number of imidazole rings is 1. The number of hydrogen-bond acceptors (Lipinski definition) is 10. The standard InChI is InChI=1S/C36H40ClN9O3/c1-36(2,3)49-35(47)44-14-12-42(13-15-44)30-11-9-25(20-38-30)29-21-39-33(43-16-18-48-19-17-43)34-41-32(31(37)46(29)34)45-22-26(23-45)28-10-8-24-6-4-5-7-27(24)40-28/h4-11,20-21,26H,12-19,22-23H2,1-3H3. The van der Waals surface area contributed by atoms with Crippen LogP contribution in [0.3, 0.4) is 0 Å². The molecule has 1 amide bonds. The number of hydrogen-bond donors (Lipinski definition) is 0. The Balaban J connectivity index is 1.05. The van der Waals surface area contributed by atoms with Gasteiger partial charge < -0.3 is 29.1 Å². The summed E-state index contributed by atoms with van der Waals surface area (Å²) in [6, 6.07) is 16.6. The second-order valence-corrected chi connectivity index (χ2v) is 14.2. The molecule has 4 aromatic heterocycles. The van der Waals surface area contributed by atoms with Gasteiger partial charge in [-0.2, -0.15) is 0 Å². The number of rotatable bonds is 5. The van der Waals surface area contributed by atoms with Crippen LogP contribution in [0, 0.1) is 0 Å². The van der Waals surface area contributed by atoms with Gasteiger partial charge in [-0.15, -0.1) is 0 Å². The summed E-state index contributed by atoms with van der Waals surface area (Å²) < 4.78 is 13.2. The molecule has 7 heterocycles. The van der Waals surface area contributed by atoms with Crippen molar-refractivity contribution >= 4 is 51.7 Å². The Morgan fingerprint density at radius 1 is 0.837 bits per heavy atom. The lowest BCUT2D eigenvalue weighted by Gasteiger charge is -2.39. The van der Waals surface area contributed by atoms with E-state index in [-0.39, 0.29) is 6.09 Å². The minimum absolute atomic E-state index is 0.275. The zero-order valence-electron chi connectivity index (χ0n) is 28.0. The first-order valence-corrected chi connectivity index (χ1v) is 17.3. The van der Waals surface area contributed by atoms with Crippen molar-refractivity contribution in [3.63, 3.8) is 0 Å². The minimum Gasteiger partial charge on any atom is -0.444 e. The highest BCUT2D eigenvalue weighted by Crippen LogP contribution is 2.39. The maximum atomic E-state index is 12.5. The Morgan fingerprint density at radius 3 is 2.35 bits per heavy atom. The van der Waals surface area contributed by atoms with E-state index in [9.17, 15) is 4.79 Å². The molecule has 3 aliphatic rings. The summed E-state index contributed by atoms with van der Waals surface area (Å²) in [6.45, 7) is 12.5. The molecule has 3 saturated heterocycles. The first-order chi connectivity index (χ1) is 23.7. The molecule has 0 aliphatic carbocycles. The van der Waals surface area contributed by atoms with Crippen molar-refractivity contribution in [2.24, 2.45) is 0 Å². The SMILES string of the molecule is CC(C)(C)OC(=O)N1CCN(c2ccc(-c3cnc(N4CCOCC4)c4nc(N5CC(c6ccc7ccccc7n6)C5)c(Cl)n34)cn2)CC1. The van der Waals surface area contributed by atoms with E-state index < -0.39 is 5.60 Å². The number of benzene rings is 1. The van der Waals surface area contributed by atoms with Crippen LogP contribution in [0.5, 0.6) is 0 Å². The molecule has 5 aromatic rings. The summed E-state index contributed by atoms with van der Waals surface area (Å²) in [6.07, 6.45) is 3.45. The fourth-order valence-electron chi connectivity index (χ4n) is 6.72. The maximum Gasteiger partial charge on any atom is 0.410 e. The summed E-state index contributed by atoms with van der Waals surface area (Å²) in [5.41, 5.74) is 4.00. The molecule has 12 nitrogen and oxygen atoms in total. The van der Waals surface area contributed by atoms with Crippen molar-refractivity contribution in [2.45, 2.75) is 32.3 Å². The smallest absolute Gasteiger partial charge is 0.410 e. The molecule has 0 N–H and O–H groups in total. The van der Waals surface area contributed by atoms with Crippen LogP contribution < -0.4 is 14.7 Å². The molecule has 49 heavy (non-hydrogen) atoms. The summed E-state index contributed by atoms with van der Waals surface area (Å²) in [5.74, 6) is 2.69. The molecule has 0 atom stereocenters. The molecular weight excluding hydrogens is 642 g/mol. The second-order valence-electron chi connectivity index (χ2n) is 13.8. The molecule has 0 spiro atoms. The summed E-state index contributed by atoms with van der Waals surface area (Å²) in [7, 11) is 0. The molecule has 0 bridgehead atoms. The van der Waals surface area contributed by atoms with Crippen LogP contribution in [0.25, 0.3) is 27.8 Å². The number of carbonyl (C=O) groups excluding carboxylic acids is 1. The van der Waals surface area contributed by atoms with Crippen molar-refractivity contribution in [1.82, 2.24) is 29.2 Å². The number of aromatic nitrogens is 5. The fourth-order valence-corrected chi connectivity index (χ4v) is 7.05. The first kappa shape index (κ1) is 31.6. The number of amides is 1. The van der Waals surface area contributed by atoms with Gasteiger partial charge in [0.2, 0.25) is 0 Å².